The van der Waals surface area contributed by atoms with Crippen molar-refractivity contribution in [3.63, 3.8) is 0 Å². The summed E-state index contributed by atoms with van der Waals surface area (Å²) in [5.74, 6) is 0. The average Bonchev–Trinajstić information content (AvgIpc) is 2.74. The van der Waals surface area contributed by atoms with E-state index in [1.807, 2.05) is 11.4 Å². The molecule has 0 amide bonds. The summed E-state index contributed by atoms with van der Waals surface area (Å²) >= 11 is 1.33. The van der Waals surface area contributed by atoms with Crippen LogP contribution in [0.25, 0.3) is 0 Å². The quantitative estimate of drug-likeness (QED) is 0.842. The molecular formula is C11H13N3S. The standard InChI is InChI=1S/C11H13N3S/c1-7-3-4-9(5-8(7)2)11(12)10-6-15-14-13-10/h3-6,11H,12H2,1-2H3. The van der Waals surface area contributed by atoms with Gasteiger partial charge in [0, 0.05) is 5.38 Å². The molecule has 3 nitrogen and oxygen atoms in total. The van der Waals surface area contributed by atoms with Crippen LogP contribution in [-0.4, -0.2) is 9.59 Å². The van der Waals surface area contributed by atoms with Gasteiger partial charge in [-0.15, -0.1) is 5.10 Å². The smallest absolute Gasteiger partial charge is 0.0967 e. The maximum absolute atomic E-state index is 6.08. The molecule has 0 aliphatic carbocycles. The van der Waals surface area contributed by atoms with Crippen LogP contribution in [0.3, 0.4) is 0 Å². The first-order valence-corrected chi connectivity index (χ1v) is 5.62. The monoisotopic (exact) mass is 219 g/mol. The fourth-order valence-electron chi connectivity index (χ4n) is 1.44. The lowest BCUT2D eigenvalue weighted by Gasteiger charge is -2.10. The number of nitrogens with zero attached hydrogens (tertiary/aromatic N) is 2. The number of nitrogens with two attached hydrogens (primary N) is 1. The summed E-state index contributed by atoms with van der Waals surface area (Å²) < 4.78 is 3.82. The molecule has 1 heterocycles. The van der Waals surface area contributed by atoms with Crippen LogP contribution in [0.1, 0.15) is 28.4 Å². The molecule has 4 heteroatoms. The fraction of sp³-hybridized carbons (Fsp3) is 0.273. The molecule has 0 aliphatic rings. The summed E-state index contributed by atoms with van der Waals surface area (Å²) in [5.41, 5.74) is 10.5. The molecule has 78 valence electrons. The number of benzene rings is 1. The van der Waals surface area contributed by atoms with Crippen molar-refractivity contribution in [3.05, 3.63) is 46.0 Å². The molecule has 0 saturated carbocycles. The van der Waals surface area contributed by atoms with Crippen LogP contribution in [-0.2, 0) is 0 Å². The van der Waals surface area contributed by atoms with E-state index in [4.69, 9.17) is 5.73 Å². The van der Waals surface area contributed by atoms with Gasteiger partial charge in [0.1, 0.15) is 0 Å². The first kappa shape index (κ1) is 10.3. The minimum absolute atomic E-state index is 0.164. The second-order valence-electron chi connectivity index (χ2n) is 3.65. The van der Waals surface area contributed by atoms with Gasteiger partial charge in [0.05, 0.1) is 11.7 Å². The molecule has 0 saturated heterocycles. The Balaban J connectivity index is 2.34. The van der Waals surface area contributed by atoms with E-state index in [-0.39, 0.29) is 6.04 Å². The van der Waals surface area contributed by atoms with Gasteiger partial charge in [-0.25, -0.2) is 0 Å². The van der Waals surface area contributed by atoms with Crippen molar-refractivity contribution in [2.75, 3.05) is 0 Å². The summed E-state index contributed by atoms with van der Waals surface area (Å²) in [6.07, 6.45) is 0. The minimum Gasteiger partial charge on any atom is -0.319 e. The number of aryl methyl sites for hydroxylation is 2. The van der Waals surface area contributed by atoms with Crippen molar-refractivity contribution in [3.8, 4) is 0 Å². The third kappa shape index (κ3) is 2.06. The van der Waals surface area contributed by atoms with Crippen molar-refractivity contribution in [2.24, 2.45) is 5.73 Å². The fourth-order valence-corrected chi connectivity index (χ4v) is 1.93. The van der Waals surface area contributed by atoms with Crippen LogP contribution in [0.5, 0.6) is 0 Å². The second kappa shape index (κ2) is 4.08. The zero-order chi connectivity index (χ0) is 10.8. The summed E-state index contributed by atoms with van der Waals surface area (Å²) in [6, 6.07) is 6.08. The third-order valence-electron chi connectivity index (χ3n) is 2.59. The molecule has 1 atom stereocenters. The Labute approximate surface area is 93.1 Å². The van der Waals surface area contributed by atoms with E-state index in [0.717, 1.165) is 11.3 Å². The van der Waals surface area contributed by atoms with Crippen molar-refractivity contribution < 1.29 is 0 Å². The Morgan fingerprint density at radius 1 is 1.27 bits per heavy atom. The number of aromatic nitrogens is 2. The lowest BCUT2D eigenvalue weighted by Crippen LogP contribution is -2.12. The Morgan fingerprint density at radius 3 is 2.67 bits per heavy atom. The highest BCUT2D eigenvalue weighted by atomic mass is 32.1. The highest BCUT2D eigenvalue weighted by Gasteiger charge is 2.11. The molecule has 0 aliphatic heterocycles. The molecular weight excluding hydrogens is 206 g/mol. The van der Waals surface area contributed by atoms with Crippen molar-refractivity contribution >= 4 is 11.5 Å². The van der Waals surface area contributed by atoms with E-state index in [2.05, 4.69) is 35.6 Å². The maximum atomic E-state index is 6.08. The Bertz CT molecular complexity index is 451. The molecule has 0 fully saturated rings. The van der Waals surface area contributed by atoms with Gasteiger partial charge in [0.2, 0.25) is 0 Å². The van der Waals surface area contributed by atoms with E-state index in [9.17, 15) is 0 Å². The second-order valence-corrected chi connectivity index (χ2v) is 4.26. The van der Waals surface area contributed by atoms with Gasteiger partial charge in [-0.3, -0.25) is 0 Å². The molecule has 0 spiro atoms. The van der Waals surface area contributed by atoms with E-state index in [1.165, 1.54) is 22.7 Å². The number of hydrogen-bond donors (Lipinski definition) is 1. The summed E-state index contributed by atoms with van der Waals surface area (Å²) in [6.45, 7) is 4.18. The zero-order valence-electron chi connectivity index (χ0n) is 8.77. The van der Waals surface area contributed by atoms with Gasteiger partial charge in [0.25, 0.3) is 0 Å². The Morgan fingerprint density at radius 2 is 2.07 bits per heavy atom. The summed E-state index contributed by atoms with van der Waals surface area (Å²) in [4.78, 5) is 0. The predicted octanol–water partition coefficient (Wildman–Crippen LogP) is 2.20. The SMILES string of the molecule is Cc1ccc(C(N)c2csnn2)cc1C. The average molecular weight is 219 g/mol. The largest absolute Gasteiger partial charge is 0.319 e. The van der Waals surface area contributed by atoms with E-state index in [1.54, 1.807) is 0 Å². The van der Waals surface area contributed by atoms with Crippen LogP contribution in [0.2, 0.25) is 0 Å². The Hall–Kier alpha value is -1.26. The molecule has 0 bridgehead atoms. The first-order chi connectivity index (χ1) is 7.18. The molecule has 1 aromatic carbocycles. The predicted molar refractivity (Wildman–Crippen MR) is 61.9 cm³/mol. The maximum Gasteiger partial charge on any atom is 0.0967 e. The molecule has 2 N–H and O–H groups in total. The molecule has 2 rings (SSSR count). The zero-order valence-corrected chi connectivity index (χ0v) is 9.58. The first-order valence-electron chi connectivity index (χ1n) is 4.78. The van der Waals surface area contributed by atoms with Crippen LogP contribution >= 0.6 is 11.5 Å². The van der Waals surface area contributed by atoms with Gasteiger partial charge in [-0.2, -0.15) is 0 Å². The van der Waals surface area contributed by atoms with Crippen molar-refractivity contribution in [2.45, 2.75) is 19.9 Å². The molecule has 1 unspecified atom stereocenters. The van der Waals surface area contributed by atoms with Gasteiger partial charge >= 0.3 is 0 Å². The van der Waals surface area contributed by atoms with Crippen LogP contribution < -0.4 is 5.73 Å². The van der Waals surface area contributed by atoms with Gasteiger partial charge in [-0.05, 0) is 42.1 Å². The van der Waals surface area contributed by atoms with Crippen molar-refractivity contribution in [1.82, 2.24) is 9.59 Å². The van der Waals surface area contributed by atoms with E-state index < -0.39 is 0 Å². The van der Waals surface area contributed by atoms with E-state index >= 15 is 0 Å². The lowest BCUT2D eigenvalue weighted by molar-refractivity contribution is 0.816. The van der Waals surface area contributed by atoms with E-state index in [0.29, 0.717) is 0 Å². The normalized spacial score (nSPS) is 12.7. The highest BCUT2D eigenvalue weighted by Crippen LogP contribution is 2.20. The van der Waals surface area contributed by atoms with Gasteiger partial charge in [0.15, 0.2) is 0 Å². The number of hydrogen-bond acceptors (Lipinski definition) is 4. The molecule has 2 aromatic rings. The summed E-state index contributed by atoms with van der Waals surface area (Å²) in [7, 11) is 0. The van der Waals surface area contributed by atoms with Crippen LogP contribution in [0.4, 0.5) is 0 Å². The summed E-state index contributed by atoms with van der Waals surface area (Å²) in [5, 5.41) is 5.88. The molecule has 15 heavy (non-hydrogen) atoms. The van der Waals surface area contributed by atoms with Crippen LogP contribution in [0, 0.1) is 13.8 Å². The van der Waals surface area contributed by atoms with Crippen LogP contribution in [0.15, 0.2) is 23.6 Å². The molecule has 1 aromatic heterocycles. The molecule has 0 radical (unpaired) electrons. The Kier molecular flexibility index (Phi) is 2.79. The van der Waals surface area contributed by atoms with Gasteiger partial charge in [-0.1, -0.05) is 22.7 Å². The lowest BCUT2D eigenvalue weighted by atomic mass is 10.0. The minimum atomic E-state index is -0.164. The van der Waals surface area contributed by atoms with Gasteiger partial charge < -0.3 is 5.73 Å². The number of rotatable bonds is 2. The van der Waals surface area contributed by atoms with Crippen molar-refractivity contribution in [1.29, 1.82) is 0 Å². The highest BCUT2D eigenvalue weighted by molar-refractivity contribution is 7.03. The topological polar surface area (TPSA) is 51.8 Å². The third-order valence-corrected chi connectivity index (χ3v) is 3.11.